The summed E-state index contributed by atoms with van der Waals surface area (Å²) < 4.78 is 9.71. The van der Waals surface area contributed by atoms with Crippen LogP contribution in [0.4, 0.5) is 34.1 Å². The lowest BCUT2D eigenvalue weighted by Crippen LogP contribution is -2.14. The van der Waals surface area contributed by atoms with Gasteiger partial charge in [-0.05, 0) is 191 Å². The van der Waals surface area contributed by atoms with E-state index in [0.29, 0.717) is 0 Å². The van der Waals surface area contributed by atoms with E-state index in [1.165, 1.54) is 110 Å². The summed E-state index contributed by atoms with van der Waals surface area (Å²) in [6.45, 7) is 0. The zero-order chi connectivity index (χ0) is 71.4. The van der Waals surface area contributed by atoms with Gasteiger partial charge in [0.25, 0.3) is 0 Å². The number of nitrogens with zero attached hydrogens (tertiary/aromatic N) is 6. The van der Waals surface area contributed by atoms with Gasteiger partial charge in [0.05, 0.1) is 61.2 Å². The predicted molar refractivity (Wildman–Crippen MR) is 456 cm³/mol. The summed E-state index contributed by atoms with van der Waals surface area (Å²) in [4.78, 5) is 4.72. The molecule has 0 aliphatic heterocycles. The normalized spacial score (nSPS) is 11.5. The van der Waals surface area contributed by atoms with Crippen molar-refractivity contribution in [3.63, 3.8) is 0 Å². The lowest BCUT2D eigenvalue weighted by atomic mass is 10.0. The van der Waals surface area contributed by atoms with Crippen LogP contribution in [0.2, 0.25) is 0 Å². The first-order valence-electron chi connectivity index (χ1n) is 37.0. The SMILES string of the molecule is c1ccc(-c2ccc(-n3c4ccccc4c4cc(-c5ccc6c(c5)c5ccccc5n6-c5cccc(-c6ccccc6)c5)ccc43)cc2)cc1.c1ccc(N(c2ccccc2)c2cc(N(c3ccccc3)c3ccccc3)cc(-n3c4ccccc4c4c3ccc3c5ccccc5n(-c5ccccc5)c34)c2)cc1. The van der Waals surface area contributed by atoms with Crippen molar-refractivity contribution < 1.29 is 0 Å². The number of benzene rings is 17. The van der Waals surface area contributed by atoms with E-state index in [9.17, 15) is 0 Å². The average molecular weight is 1380 g/mol. The fourth-order valence-electron chi connectivity index (χ4n) is 16.6. The average Bonchev–Trinajstić information content (AvgIpc) is 1.55. The topological polar surface area (TPSA) is 26.2 Å². The fraction of sp³-hybridized carbons (Fsp3) is 0. The second kappa shape index (κ2) is 27.0. The monoisotopic (exact) mass is 1380 g/mol. The second-order valence-electron chi connectivity index (χ2n) is 27.6. The zero-order valence-corrected chi connectivity index (χ0v) is 59.1. The molecule has 0 N–H and O–H groups in total. The van der Waals surface area contributed by atoms with Crippen molar-refractivity contribution in [2.24, 2.45) is 0 Å². The van der Waals surface area contributed by atoms with Crippen molar-refractivity contribution in [1.29, 1.82) is 0 Å². The van der Waals surface area contributed by atoms with Crippen LogP contribution in [-0.2, 0) is 0 Å². The van der Waals surface area contributed by atoms with Gasteiger partial charge in [0, 0.05) is 82.9 Å². The van der Waals surface area contributed by atoms with Crippen LogP contribution in [-0.4, -0.2) is 18.3 Å². The Hall–Kier alpha value is -14.5. The Kier molecular flexibility index (Phi) is 15.8. The molecule has 21 rings (SSSR count). The van der Waals surface area contributed by atoms with E-state index in [2.05, 4.69) is 453 Å². The van der Waals surface area contributed by atoms with Crippen molar-refractivity contribution in [1.82, 2.24) is 18.3 Å². The van der Waals surface area contributed by atoms with Crippen molar-refractivity contribution in [2.45, 2.75) is 0 Å². The minimum absolute atomic E-state index is 1.05. The molecule has 508 valence electrons. The number of aromatic nitrogens is 4. The van der Waals surface area contributed by atoms with Gasteiger partial charge in [0.15, 0.2) is 0 Å². The van der Waals surface area contributed by atoms with E-state index in [-0.39, 0.29) is 0 Å². The molecule has 17 aromatic carbocycles. The van der Waals surface area contributed by atoms with E-state index in [0.717, 1.165) is 67.9 Å². The van der Waals surface area contributed by atoms with Gasteiger partial charge in [-0.3, -0.25) is 0 Å². The number of fused-ring (bicyclic) bond motifs is 13. The molecule has 4 heterocycles. The van der Waals surface area contributed by atoms with Gasteiger partial charge in [-0.25, -0.2) is 0 Å². The molecular weight excluding hydrogens is 1310 g/mol. The van der Waals surface area contributed by atoms with Crippen molar-refractivity contribution >= 4 is 121 Å². The van der Waals surface area contributed by atoms with Gasteiger partial charge in [-0.1, -0.05) is 267 Å². The summed E-state index contributed by atoms with van der Waals surface area (Å²) in [6, 6.07) is 153. The van der Waals surface area contributed by atoms with Gasteiger partial charge in [-0.15, -0.1) is 0 Å². The Balaban J connectivity index is 0.000000144. The smallest absolute Gasteiger partial charge is 0.0641 e. The maximum atomic E-state index is 2.46. The third-order valence-electron chi connectivity index (χ3n) is 21.3. The van der Waals surface area contributed by atoms with Gasteiger partial charge < -0.3 is 28.1 Å². The van der Waals surface area contributed by atoms with Gasteiger partial charge in [-0.2, -0.15) is 0 Å². The molecule has 108 heavy (non-hydrogen) atoms. The Morgan fingerprint density at radius 3 is 0.954 bits per heavy atom. The van der Waals surface area contributed by atoms with E-state index < -0.39 is 0 Å². The molecule has 0 radical (unpaired) electrons. The molecule has 21 aromatic rings. The Bertz CT molecular complexity index is 6700. The maximum absolute atomic E-state index is 2.46. The first kappa shape index (κ1) is 63.2. The first-order valence-corrected chi connectivity index (χ1v) is 37.0. The van der Waals surface area contributed by atoms with Gasteiger partial charge in [0.2, 0.25) is 0 Å². The number of hydrogen-bond donors (Lipinski definition) is 0. The highest BCUT2D eigenvalue weighted by Crippen LogP contribution is 2.47. The molecule has 0 spiro atoms. The molecule has 0 fully saturated rings. The quantitative estimate of drug-likeness (QED) is 0.115. The summed E-state index contributed by atoms with van der Waals surface area (Å²) in [5, 5.41) is 9.94. The number of para-hydroxylation sites is 9. The first-order chi connectivity index (χ1) is 53.6. The highest BCUT2D eigenvalue weighted by atomic mass is 15.2. The van der Waals surface area contributed by atoms with Crippen molar-refractivity contribution in [3.8, 4) is 56.1 Å². The molecule has 0 atom stereocenters. The third kappa shape index (κ3) is 11.1. The summed E-state index contributed by atoms with van der Waals surface area (Å²) >= 11 is 0. The Morgan fingerprint density at radius 2 is 0.463 bits per heavy atom. The molecule has 0 aliphatic carbocycles. The summed E-state index contributed by atoms with van der Waals surface area (Å²) in [6.07, 6.45) is 0. The number of anilines is 6. The standard InChI is InChI=1S/C54H38N4.C48H32N2/c1-6-20-39(21-7-1)55(40-22-8-2-9-23-40)44-36-45(56(41-24-10-3-11-25-41)42-26-12-4-13-27-42)38-46(37-44)57-51-33-19-17-31-49(51)53-52(57)35-34-48-47-30-16-18-32-50(47)58(54(48)53)43-28-14-5-15-29-43;1-3-12-33(13-4-1)35-22-26-39(27-23-35)49-45-20-9-7-18-41(45)43-31-37(24-28-47(43)49)38-25-29-48-44(32-38)42-19-8-10-21-46(42)50(48)40-17-11-16-36(30-40)34-14-5-2-6-15-34/h1-38H;1-32H. The molecule has 0 saturated carbocycles. The molecule has 0 bridgehead atoms. The summed E-state index contributed by atoms with van der Waals surface area (Å²) in [5.41, 5.74) is 27.8. The number of rotatable bonds is 13. The largest absolute Gasteiger partial charge is 0.310 e. The molecule has 0 aliphatic rings. The predicted octanol–water partition coefficient (Wildman–Crippen LogP) is 27.7. The molecule has 6 heteroatoms. The van der Waals surface area contributed by atoms with Crippen LogP contribution in [0, 0.1) is 0 Å². The minimum Gasteiger partial charge on any atom is -0.310 e. The summed E-state index contributed by atoms with van der Waals surface area (Å²) in [5.74, 6) is 0. The zero-order valence-electron chi connectivity index (χ0n) is 59.1. The Labute approximate surface area is 626 Å². The van der Waals surface area contributed by atoms with Crippen LogP contribution in [0.25, 0.3) is 143 Å². The van der Waals surface area contributed by atoms with Crippen LogP contribution < -0.4 is 9.80 Å². The second-order valence-corrected chi connectivity index (χ2v) is 27.6. The molecular formula is C102H70N6. The van der Waals surface area contributed by atoms with Gasteiger partial charge >= 0.3 is 0 Å². The van der Waals surface area contributed by atoms with Crippen LogP contribution >= 0.6 is 0 Å². The van der Waals surface area contributed by atoms with Crippen molar-refractivity contribution in [2.75, 3.05) is 9.80 Å². The lowest BCUT2D eigenvalue weighted by molar-refractivity contribution is 1.16. The lowest BCUT2D eigenvalue weighted by Gasteiger charge is -2.30. The summed E-state index contributed by atoms with van der Waals surface area (Å²) in [7, 11) is 0. The van der Waals surface area contributed by atoms with E-state index in [1.807, 2.05) is 0 Å². The highest BCUT2D eigenvalue weighted by Gasteiger charge is 2.25. The highest BCUT2D eigenvalue weighted by molar-refractivity contribution is 6.26. The van der Waals surface area contributed by atoms with Crippen LogP contribution in [0.5, 0.6) is 0 Å². The van der Waals surface area contributed by atoms with Crippen LogP contribution in [0.1, 0.15) is 0 Å². The number of hydrogen-bond acceptors (Lipinski definition) is 2. The van der Waals surface area contributed by atoms with E-state index in [4.69, 9.17) is 0 Å². The van der Waals surface area contributed by atoms with E-state index >= 15 is 0 Å². The Morgan fingerprint density at radius 1 is 0.148 bits per heavy atom. The molecule has 0 unspecified atom stereocenters. The van der Waals surface area contributed by atoms with Gasteiger partial charge in [0.1, 0.15) is 0 Å². The molecule has 0 saturated heterocycles. The van der Waals surface area contributed by atoms with Crippen LogP contribution in [0.15, 0.2) is 425 Å². The molecule has 0 amide bonds. The fourth-order valence-corrected chi connectivity index (χ4v) is 16.6. The van der Waals surface area contributed by atoms with Crippen LogP contribution in [0.3, 0.4) is 0 Å². The third-order valence-corrected chi connectivity index (χ3v) is 21.3. The molecule has 6 nitrogen and oxygen atoms in total. The van der Waals surface area contributed by atoms with Crippen molar-refractivity contribution in [3.05, 3.63) is 425 Å². The van der Waals surface area contributed by atoms with E-state index in [1.54, 1.807) is 0 Å². The maximum Gasteiger partial charge on any atom is 0.0641 e. The molecule has 4 aromatic heterocycles. The minimum atomic E-state index is 1.05.